The van der Waals surface area contributed by atoms with Gasteiger partial charge in [0, 0.05) is 26.6 Å². The largest absolute Gasteiger partial charge is 0.478 e. The Kier molecular flexibility index (Phi) is 4.57. The van der Waals surface area contributed by atoms with Crippen LogP contribution in [0.15, 0.2) is 24.3 Å². The standard InChI is InChI=1S/C15H18N2O4/c1-17(14(19)11-8-13(18)16-9-11)7-6-10-4-2-3-5-12(10)15(20)21/h2-5,11H,6-9H2,1H3,(H,16,18)(H,20,21). The smallest absolute Gasteiger partial charge is 0.335 e. The summed E-state index contributed by atoms with van der Waals surface area (Å²) in [7, 11) is 1.68. The quantitative estimate of drug-likeness (QED) is 0.828. The van der Waals surface area contributed by atoms with Gasteiger partial charge in [0.05, 0.1) is 11.5 Å². The molecule has 0 bridgehead atoms. The molecule has 1 heterocycles. The zero-order chi connectivity index (χ0) is 15.4. The van der Waals surface area contributed by atoms with Crippen molar-refractivity contribution in [1.82, 2.24) is 10.2 Å². The van der Waals surface area contributed by atoms with Gasteiger partial charge in [-0.1, -0.05) is 18.2 Å². The van der Waals surface area contributed by atoms with Crippen molar-refractivity contribution in [2.45, 2.75) is 12.8 Å². The van der Waals surface area contributed by atoms with Gasteiger partial charge in [0.2, 0.25) is 11.8 Å². The molecule has 2 amide bonds. The van der Waals surface area contributed by atoms with Crippen LogP contribution in [0, 0.1) is 5.92 Å². The van der Waals surface area contributed by atoms with Crippen LogP contribution >= 0.6 is 0 Å². The summed E-state index contributed by atoms with van der Waals surface area (Å²) in [5, 5.41) is 11.8. The number of carbonyl (C=O) groups excluding carboxylic acids is 2. The van der Waals surface area contributed by atoms with E-state index in [1.165, 1.54) is 0 Å². The Morgan fingerprint density at radius 3 is 2.71 bits per heavy atom. The number of nitrogens with one attached hydrogen (secondary N) is 1. The van der Waals surface area contributed by atoms with Crippen molar-refractivity contribution in [3.05, 3.63) is 35.4 Å². The van der Waals surface area contributed by atoms with Crippen molar-refractivity contribution in [3.8, 4) is 0 Å². The fraction of sp³-hybridized carbons (Fsp3) is 0.400. The summed E-state index contributed by atoms with van der Waals surface area (Å²) in [6, 6.07) is 6.77. The molecule has 6 heteroatoms. The van der Waals surface area contributed by atoms with E-state index in [2.05, 4.69) is 5.32 Å². The third-order valence-corrected chi connectivity index (χ3v) is 3.67. The van der Waals surface area contributed by atoms with Gasteiger partial charge in [-0.15, -0.1) is 0 Å². The van der Waals surface area contributed by atoms with Crippen molar-refractivity contribution in [1.29, 1.82) is 0 Å². The number of benzene rings is 1. The van der Waals surface area contributed by atoms with Crippen LogP contribution in [0.5, 0.6) is 0 Å². The SMILES string of the molecule is CN(CCc1ccccc1C(=O)O)C(=O)C1CNC(=O)C1. The minimum atomic E-state index is -0.967. The van der Waals surface area contributed by atoms with E-state index in [1.807, 2.05) is 0 Å². The molecule has 112 valence electrons. The highest BCUT2D eigenvalue weighted by Crippen LogP contribution is 2.14. The zero-order valence-corrected chi connectivity index (χ0v) is 11.8. The summed E-state index contributed by atoms with van der Waals surface area (Å²) in [6.45, 7) is 0.807. The molecule has 0 radical (unpaired) electrons. The highest BCUT2D eigenvalue weighted by molar-refractivity contribution is 5.90. The number of amides is 2. The van der Waals surface area contributed by atoms with E-state index in [4.69, 9.17) is 5.11 Å². The van der Waals surface area contributed by atoms with Crippen LogP contribution in [-0.2, 0) is 16.0 Å². The molecule has 2 N–H and O–H groups in total. The lowest BCUT2D eigenvalue weighted by Gasteiger charge is -2.20. The maximum Gasteiger partial charge on any atom is 0.335 e. The van der Waals surface area contributed by atoms with Crippen LogP contribution in [0.3, 0.4) is 0 Å². The average Bonchev–Trinajstić information content (AvgIpc) is 2.90. The molecule has 1 atom stereocenters. The van der Waals surface area contributed by atoms with Crippen molar-refractivity contribution in [3.63, 3.8) is 0 Å². The van der Waals surface area contributed by atoms with E-state index in [0.29, 0.717) is 25.1 Å². The third-order valence-electron chi connectivity index (χ3n) is 3.67. The second kappa shape index (κ2) is 6.39. The summed E-state index contributed by atoms with van der Waals surface area (Å²) in [4.78, 5) is 36.0. The Morgan fingerprint density at radius 1 is 1.38 bits per heavy atom. The van der Waals surface area contributed by atoms with E-state index < -0.39 is 5.97 Å². The topological polar surface area (TPSA) is 86.7 Å². The Morgan fingerprint density at radius 2 is 2.10 bits per heavy atom. The van der Waals surface area contributed by atoms with E-state index in [0.717, 1.165) is 0 Å². The Balaban J connectivity index is 1.95. The van der Waals surface area contributed by atoms with Crippen molar-refractivity contribution in [2.75, 3.05) is 20.1 Å². The first-order valence-electron chi connectivity index (χ1n) is 6.82. The normalized spacial score (nSPS) is 17.4. The molecule has 1 aliphatic rings. The first-order valence-corrected chi connectivity index (χ1v) is 6.82. The number of aromatic carboxylic acids is 1. The number of rotatable bonds is 5. The number of carboxylic acids is 1. The average molecular weight is 290 g/mol. The van der Waals surface area contributed by atoms with Crippen LogP contribution < -0.4 is 5.32 Å². The molecule has 0 aromatic heterocycles. The van der Waals surface area contributed by atoms with Gasteiger partial charge >= 0.3 is 5.97 Å². The van der Waals surface area contributed by atoms with Gasteiger partial charge in [0.1, 0.15) is 0 Å². The molecular weight excluding hydrogens is 272 g/mol. The predicted molar refractivity (Wildman–Crippen MR) is 75.9 cm³/mol. The molecule has 1 aromatic carbocycles. The van der Waals surface area contributed by atoms with Crippen molar-refractivity contribution < 1.29 is 19.5 Å². The maximum absolute atomic E-state index is 12.1. The van der Waals surface area contributed by atoms with Gasteiger partial charge < -0.3 is 15.3 Å². The van der Waals surface area contributed by atoms with E-state index in [9.17, 15) is 14.4 Å². The zero-order valence-electron chi connectivity index (χ0n) is 11.8. The van der Waals surface area contributed by atoms with Gasteiger partial charge in [-0.3, -0.25) is 9.59 Å². The fourth-order valence-electron chi connectivity index (χ4n) is 2.44. The monoisotopic (exact) mass is 290 g/mol. The summed E-state index contributed by atoms with van der Waals surface area (Å²) in [5.74, 6) is -1.46. The molecule has 0 spiro atoms. The van der Waals surface area contributed by atoms with Gasteiger partial charge in [-0.25, -0.2) is 4.79 Å². The molecular formula is C15H18N2O4. The van der Waals surface area contributed by atoms with Gasteiger partial charge in [-0.2, -0.15) is 0 Å². The number of hydrogen-bond acceptors (Lipinski definition) is 3. The fourth-order valence-corrected chi connectivity index (χ4v) is 2.44. The second-order valence-corrected chi connectivity index (χ2v) is 5.18. The Bertz CT molecular complexity index is 571. The highest BCUT2D eigenvalue weighted by Gasteiger charge is 2.29. The van der Waals surface area contributed by atoms with Gasteiger partial charge in [0.15, 0.2) is 0 Å². The summed E-state index contributed by atoms with van der Waals surface area (Å²) in [6.07, 6.45) is 0.702. The lowest BCUT2D eigenvalue weighted by atomic mass is 10.0. The lowest BCUT2D eigenvalue weighted by Crippen LogP contribution is -2.35. The summed E-state index contributed by atoms with van der Waals surface area (Å²) >= 11 is 0. The van der Waals surface area contributed by atoms with Crippen LogP contribution in [-0.4, -0.2) is 47.9 Å². The number of carboxylic acid groups (broad SMARTS) is 1. The molecule has 2 rings (SSSR count). The number of hydrogen-bond donors (Lipinski definition) is 2. The summed E-state index contributed by atoms with van der Waals surface area (Å²) < 4.78 is 0. The minimum Gasteiger partial charge on any atom is -0.478 e. The first-order chi connectivity index (χ1) is 9.99. The Hall–Kier alpha value is -2.37. The minimum absolute atomic E-state index is 0.0823. The van der Waals surface area contributed by atoms with Crippen LogP contribution in [0.1, 0.15) is 22.3 Å². The van der Waals surface area contributed by atoms with Crippen molar-refractivity contribution >= 4 is 17.8 Å². The first kappa shape index (κ1) is 15.0. The molecule has 1 aromatic rings. The van der Waals surface area contributed by atoms with E-state index in [1.54, 1.807) is 36.2 Å². The van der Waals surface area contributed by atoms with Gasteiger partial charge in [0.25, 0.3) is 0 Å². The van der Waals surface area contributed by atoms with Gasteiger partial charge in [-0.05, 0) is 18.1 Å². The van der Waals surface area contributed by atoms with Crippen LogP contribution in [0.25, 0.3) is 0 Å². The van der Waals surface area contributed by atoms with E-state index >= 15 is 0 Å². The predicted octanol–water partition coefficient (Wildman–Crippen LogP) is 0.522. The lowest BCUT2D eigenvalue weighted by molar-refractivity contribution is -0.134. The molecule has 21 heavy (non-hydrogen) atoms. The number of nitrogens with zero attached hydrogens (tertiary/aromatic N) is 1. The maximum atomic E-state index is 12.1. The van der Waals surface area contributed by atoms with Crippen LogP contribution in [0.2, 0.25) is 0 Å². The molecule has 1 aliphatic heterocycles. The Labute approximate surface area is 122 Å². The molecule has 1 fully saturated rings. The molecule has 1 unspecified atom stereocenters. The number of carbonyl (C=O) groups is 3. The second-order valence-electron chi connectivity index (χ2n) is 5.18. The molecule has 1 saturated heterocycles. The summed E-state index contributed by atoms with van der Waals surface area (Å²) in [5.41, 5.74) is 0.960. The molecule has 0 aliphatic carbocycles. The molecule has 0 saturated carbocycles. The third kappa shape index (κ3) is 3.59. The van der Waals surface area contributed by atoms with Crippen molar-refractivity contribution in [2.24, 2.45) is 5.92 Å². The van der Waals surface area contributed by atoms with E-state index in [-0.39, 0.29) is 29.7 Å². The highest BCUT2D eigenvalue weighted by atomic mass is 16.4. The number of likely N-dealkylation sites (N-methyl/N-ethyl adjacent to an activating group) is 1. The van der Waals surface area contributed by atoms with Crippen LogP contribution in [0.4, 0.5) is 0 Å². The molecule has 6 nitrogen and oxygen atoms in total.